The third-order valence-electron chi connectivity index (χ3n) is 2.04. The van der Waals surface area contributed by atoms with Gasteiger partial charge < -0.3 is 10.6 Å². The predicted molar refractivity (Wildman–Crippen MR) is 57.2 cm³/mol. The third kappa shape index (κ3) is 3.60. The number of alkyl halides is 3. The Morgan fingerprint density at radius 3 is 2.50 bits per heavy atom. The predicted octanol–water partition coefficient (Wildman–Crippen LogP) is 2.44. The topological polar surface area (TPSA) is 42.1 Å². The molecule has 0 radical (unpaired) electrons. The van der Waals surface area contributed by atoms with Crippen LogP contribution in [0.1, 0.15) is 13.8 Å². The zero-order valence-corrected chi connectivity index (χ0v) is 9.12. The molecule has 1 aromatic rings. The number of pyridine rings is 1. The monoisotopic (exact) mass is 233 g/mol. The molecule has 16 heavy (non-hydrogen) atoms. The van der Waals surface area contributed by atoms with E-state index in [0.717, 1.165) is 4.90 Å². The lowest BCUT2D eigenvalue weighted by Gasteiger charge is -2.28. The average Bonchev–Trinajstić information content (AvgIpc) is 2.12. The summed E-state index contributed by atoms with van der Waals surface area (Å²) in [6, 6.07) is 2.68. The van der Waals surface area contributed by atoms with E-state index in [-0.39, 0.29) is 11.9 Å². The number of nitrogens with two attached hydrogens (primary N) is 1. The van der Waals surface area contributed by atoms with E-state index in [1.807, 2.05) is 0 Å². The molecule has 0 aliphatic heterocycles. The molecule has 0 aliphatic carbocycles. The molecule has 2 N–H and O–H groups in total. The average molecular weight is 233 g/mol. The summed E-state index contributed by atoms with van der Waals surface area (Å²) in [5.74, 6) is 0.243. The first-order valence-corrected chi connectivity index (χ1v) is 4.84. The maximum atomic E-state index is 12.4. The van der Waals surface area contributed by atoms with Gasteiger partial charge in [0.2, 0.25) is 0 Å². The fourth-order valence-corrected chi connectivity index (χ4v) is 1.31. The summed E-state index contributed by atoms with van der Waals surface area (Å²) in [6.45, 7) is 2.33. The Balaban J connectivity index is 2.94. The lowest BCUT2D eigenvalue weighted by Crippen LogP contribution is -2.39. The van der Waals surface area contributed by atoms with Crippen LogP contribution in [0.5, 0.6) is 0 Å². The summed E-state index contributed by atoms with van der Waals surface area (Å²) in [6.07, 6.45) is -2.85. The van der Waals surface area contributed by atoms with Gasteiger partial charge in [-0.05, 0) is 19.9 Å². The van der Waals surface area contributed by atoms with Gasteiger partial charge in [0, 0.05) is 24.0 Å². The summed E-state index contributed by atoms with van der Waals surface area (Å²) in [4.78, 5) is 5.05. The van der Waals surface area contributed by atoms with Crippen LogP contribution in [0.2, 0.25) is 0 Å². The smallest absolute Gasteiger partial charge is 0.399 e. The first kappa shape index (κ1) is 12.6. The minimum absolute atomic E-state index is 0.243. The molecule has 0 aliphatic rings. The molecule has 3 nitrogen and oxygen atoms in total. The molecule has 0 saturated carbocycles. The van der Waals surface area contributed by atoms with Crippen molar-refractivity contribution in [2.24, 2.45) is 0 Å². The molecule has 0 spiro atoms. The van der Waals surface area contributed by atoms with Crippen LogP contribution >= 0.6 is 0 Å². The van der Waals surface area contributed by atoms with Gasteiger partial charge in [0.25, 0.3) is 0 Å². The van der Waals surface area contributed by atoms with E-state index in [1.54, 1.807) is 13.8 Å². The van der Waals surface area contributed by atoms with Crippen molar-refractivity contribution in [2.75, 3.05) is 17.2 Å². The molecule has 90 valence electrons. The van der Waals surface area contributed by atoms with Crippen molar-refractivity contribution in [1.82, 2.24) is 4.98 Å². The minimum atomic E-state index is -4.25. The fourth-order valence-electron chi connectivity index (χ4n) is 1.31. The summed E-state index contributed by atoms with van der Waals surface area (Å²) in [5.41, 5.74) is 5.91. The largest absolute Gasteiger partial charge is 0.405 e. The van der Waals surface area contributed by atoms with E-state index in [4.69, 9.17) is 5.73 Å². The van der Waals surface area contributed by atoms with Crippen LogP contribution in [0.4, 0.5) is 24.7 Å². The molecule has 1 rings (SSSR count). The summed E-state index contributed by atoms with van der Waals surface area (Å²) >= 11 is 0. The maximum Gasteiger partial charge on any atom is 0.405 e. The number of hydrogen-bond donors (Lipinski definition) is 1. The quantitative estimate of drug-likeness (QED) is 0.871. The van der Waals surface area contributed by atoms with Crippen LogP contribution in [-0.2, 0) is 0 Å². The van der Waals surface area contributed by atoms with E-state index in [2.05, 4.69) is 4.98 Å². The summed E-state index contributed by atoms with van der Waals surface area (Å²) < 4.78 is 37.1. The molecule has 0 saturated heterocycles. The Morgan fingerprint density at radius 2 is 2.06 bits per heavy atom. The van der Waals surface area contributed by atoms with Gasteiger partial charge in [-0.15, -0.1) is 0 Å². The van der Waals surface area contributed by atoms with Crippen LogP contribution in [-0.4, -0.2) is 23.7 Å². The lowest BCUT2D eigenvalue weighted by atomic mass is 10.3. The fraction of sp³-hybridized carbons (Fsp3) is 0.500. The first-order chi connectivity index (χ1) is 7.29. The third-order valence-corrected chi connectivity index (χ3v) is 2.04. The Labute approximate surface area is 92.1 Å². The van der Waals surface area contributed by atoms with E-state index < -0.39 is 12.7 Å². The van der Waals surface area contributed by atoms with Gasteiger partial charge in [-0.25, -0.2) is 4.98 Å². The van der Waals surface area contributed by atoms with Gasteiger partial charge in [-0.1, -0.05) is 0 Å². The summed E-state index contributed by atoms with van der Waals surface area (Å²) in [7, 11) is 0. The molecular formula is C10H14F3N3. The second kappa shape index (κ2) is 4.59. The number of rotatable bonds is 3. The standard InChI is InChI=1S/C10H14F3N3/c1-7(2)16(6-10(11,12)13)9-5-8(14)3-4-15-9/h3-5,7H,6H2,1-2H3,(H2,14,15). The van der Waals surface area contributed by atoms with E-state index >= 15 is 0 Å². The molecule has 0 amide bonds. The minimum Gasteiger partial charge on any atom is -0.399 e. The summed E-state index contributed by atoms with van der Waals surface area (Å²) in [5, 5.41) is 0. The van der Waals surface area contributed by atoms with Gasteiger partial charge in [0.15, 0.2) is 0 Å². The second-order valence-corrected chi connectivity index (χ2v) is 3.78. The van der Waals surface area contributed by atoms with Crippen molar-refractivity contribution in [3.8, 4) is 0 Å². The number of halogens is 3. The van der Waals surface area contributed by atoms with Gasteiger partial charge in [-0.2, -0.15) is 13.2 Å². The van der Waals surface area contributed by atoms with Crippen molar-refractivity contribution < 1.29 is 13.2 Å². The number of hydrogen-bond acceptors (Lipinski definition) is 3. The molecule has 0 unspecified atom stereocenters. The normalized spacial score (nSPS) is 11.9. The number of nitrogen functional groups attached to an aromatic ring is 1. The highest BCUT2D eigenvalue weighted by atomic mass is 19.4. The van der Waals surface area contributed by atoms with Gasteiger partial charge in [0.1, 0.15) is 12.4 Å². The van der Waals surface area contributed by atoms with Crippen molar-refractivity contribution in [3.63, 3.8) is 0 Å². The van der Waals surface area contributed by atoms with Crippen molar-refractivity contribution >= 4 is 11.5 Å². The SMILES string of the molecule is CC(C)N(CC(F)(F)F)c1cc(N)ccn1. The highest BCUT2D eigenvalue weighted by Crippen LogP contribution is 2.23. The van der Waals surface area contributed by atoms with Crippen molar-refractivity contribution in [3.05, 3.63) is 18.3 Å². The number of nitrogens with zero attached hydrogens (tertiary/aromatic N) is 2. The van der Waals surface area contributed by atoms with Gasteiger partial charge in [0.05, 0.1) is 0 Å². The Bertz CT molecular complexity index is 349. The second-order valence-electron chi connectivity index (χ2n) is 3.78. The van der Waals surface area contributed by atoms with Crippen molar-refractivity contribution in [2.45, 2.75) is 26.1 Å². The number of aromatic nitrogens is 1. The highest BCUT2D eigenvalue weighted by molar-refractivity contribution is 5.50. The van der Waals surface area contributed by atoms with E-state index in [1.165, 1.54) is 18.3 Å². The first-order valence-electron chi connectivity index (χ1n) is 4.84. The van der Waals surface area contributed by atoms with E-state index in [9.17, 15) is 13.2 Å². The Morgan fingerprint density at radius 1 is 1.44 bits per heavy atom. The molecule has 0 aromatic carbocycles. The zero-order chi connectivity index (χ0) is 12.3. The molecular weight excluding hydrogens is 219 g/mol. The lowest BCUT2D eigenvalue weighted by molar-refractivity contribution is -0.120. The van der Waals surface area contributed by atoms with Gasteiger partial charge >= 0.3 is 6.18 Å². The molecule has 0 atom stereocenters. The van der Waals surface area contributed by atoms with Crippen LogP contribution in [0.15, 0.2) is 18.3 Å². The van der Waals surface area contributed by atoms with E-state index in [0.29, 0.717) is 5.69 Å². The Hall–Kier alpha value is -1.46. The molecule has 1 aromatic heterocycles. The van der Waals surface area contributed by atoms with Crippen LogP contribution < -0.4 is 10.6 Å². The molecule has 0 bridgehead atoms. The van der Waals surface area contributed by atoms with Crippen LogP contribution in [0.3, 0.4) is 0 Å². The molecule has 6 heteroatoms. The number of anilines is 2. The van der Waals surface area contributed by atoms with Crippen molar-refractivity contribution in [1.29, 1.82) is 0 Å². The van der Waals surface area contributed by atoms with Gasteiger partial charge in [-0.3, -0.25) is 0 Å². The highest BCUT2D eigenvalue weighted by Gasteiger charge is 2.32. The van der Waals surface area contributed by atoms with Crippen LogP contribution in [0.25, 0.3) is 0 Å². The molecule has 0 fully saturated rings. The van der Waals surface area contributed by atoms with Crippen LogP contribution in [0, 0.1) is 0 Å². The molecule has 1 heterocycles. The maximum absolute atomic E-state index is 12.4. The zero-order valence-electron chi connectivity index (χ0n) is 9.12. The Kier molecular flexibility index (Phi) is 3.62.